The first kappa shape index (κ1) is 11.4. The van der Waals surface area contributed by atoms with Crippen LogP contribution < -0.4 is 11.1 Å². The van der Waals surface area contributed by atoms with Crippen molar-refractivity contribution in [2.45, 2.75) is 20.3 Å². The number of anilines is 2. The predicted molar refractivity (Wildman–Crippen MR) is 70.4 cm³/mol. The van der Waals surface area contributed by atoms with Crippen LogP contribution in [0.15, 0.2) is 41.6 Å². The van der Waals surface area contributed by atoms with Gasteiger partial charge in [0.05, 0.1) is 0 Å². The van der Waals surface area contributed by atoms with Gasteiger partial charge in [0.15, 0.2) is 0 Å². The molecule has 0 saturated carbocycles. The first-order chi connectivity index (χ1) is 8.13. The minimum absolute atomic E-state index is 0.292. The van der Waals surface area contributed by atoms with E-state index in [1.165, 1.54) is 5.57 Å². The highest BCUT2D eigenvalue weighted by molar-refractivity contribution is 5.49. The lowest BCUT2D eigenvalue weighted by Crippen LogP contribution is -2.04. The fraction of sp³-hybridized carbons (Fsp3) is 0.231. The Balaban J connectivity index is 2.16. The SMILES string of the molecule is CC1=CC=CC(Nc2cc(C)nc(N)n2)=CC1. The fourth-order valence-electron chi connectivity index (χ4n) is 1.62. The Morgan fingerprint density at radius 2 is 2.12 bits per heavy atom. The molecule has 4 nitrogen and oxygen atoms in total. The van der Waals surface area contributed by atoms with E-state index in [1.54, 1.807) is 0 Å². The first-order valence-electron chi connectivity index (χ1n) is 5.55. The molecule has 0 fully saturated rings. The molecule has 0 aromatic carbocycles. The van der Waals surface area contributed by atoms with E-state index in [0.717, 1.165) is 23.6 Å². The smallest absolute Gasteiger partial charge is 0.222 e. The zero-order valence-corrected chi connectivity index (χ0v) is 10.1. The minimum atomic E-state index is 0.292. The van der Waals surface area contributed by atoms with E-state index < -0.39 is 0 Å². The summed E-state index contributed by atoms with van der Waals surface area (Å²) in [4.78, 5) is 8.18. The lowest BCUT2D eigenvalue weighted by Gasteiger charge is -2.07. The van der Waals surface area contributed by atoms with E-state index in [1.807, 2.05) is 25.1 Å². The lowest BCUT2D eigenvalue weighted by atomic mass is 10.2. The number of nitrogens with zero attached hydrogens (tertiary/aromatic N) is 2. The van der Waals surface area contributed by atoms with Crippen LogP contribution in [0.5, 0.6) is 0 Å². The van der Waals surface area contributed by atoms with Gasteiger partial charge in [-0.05, 0) is 26.3 Å². The van der Waals surface area contributed by atoms with Gasteiger partial charge in [-0.1, -0.05) is 23.8 Å². The number of hydrogen-bond donors (Lipinski definition) is 2. The van der Waals surface area contributed by atoms with Crippen molar-refractivity contribution in [3.63, 3.8) is 0 Å². The topological polar surface area (TPSA) is 63.8 Å². The summed E-state index contributed by atoms with van der Waals surface area (Å²) < 4.78 is 0. The highest BCUT2D eigenvalue weighted by atomic mass is 15.1. The zero-order chi connectivity index (χ0) is 12.3. The van der Waals surface area contributed by atoms with Crippen LogP contribution in [0.1, 0.15) is 19.0 Å². The maximum Gasteiger partial charge on any atom is 0.222 e. The van der Waals surface area contributed by atoms with Gasteiger partial charge in [0.2, 0.25) is 5.95 Å². The largest absolute Gasteiger partial charge is 0.368 e. The van der Waals surface area contributed by atoms with Crippen molar-refractivity contribution in [2.24, 2.45) is 0 Å². The molecule has 0 atom stereocenters. The zero-order valence-electron chi connectivity index (χ0n) is 10.1. The molecule has 88 valence electrons. The molecule has 0 unspecified atom stereocenters. The Morgan fingerprint density at radius 1 is 1.29 bits per heavy atom. The first-order valence-corrected chi connectivity index (χ1v) is 5.55. The predicted octanol–water partition coefficient (Wildman–Crippen LogP) is 2.57. The summed E-state index contributed by atoms with van der Waals surface area (Å²) in [6, 6.07) is 1.87. The van der Waals surface area contributed by atoms with Crippen molar-refractivity contribution in [2.75, 3.05) is 11.1 Å². The van der Waals surface area contributed by atoms with E-state index in [4.69, 9.17) is 5.73 Å². The number of allylic oxidation sites excluding steroid dienone is 5. The number of nitrogens with two attached hydrogens (primary N) is 1. The van der Waals surface area contributed by atoms with Crippen molar-refractivity contribution in [1.29, 1.82) is 0 Å². The van der Waals surface area contributed by atoms with E-state index in [-0.39, 0.29) is 0 Å². The number of nitrogen functional groups attached to an aromatic ring is 1. The van der Waals surface area contributed by atoms with Gasteiger partial charge in [-0.3, -0.25) is 0 Å². The molecule has 1 aliphatic carbocycles. The number of rotatable bonds is 2. The number of nitrogens with one attached hydrogen (secondary N) is 1. The summed E-state index contributed by atoms with van der Waals surface area (Å²) in [6.07, 6.45) is 9.21. The average Bonchev–Trinajstić information content (AvgIpc) is 2.42. The number of aryl methyl sites for hydroxylation is 1. The van der Waals surface area contributed by atoms with Crippen LogP contribution in [-0.4, -0.2) is 9.97 Å². The fourth-order valence-corrected chi connectivity index (χ4v) is 1.62. The average molecular weight is 228 g/mol. The Bertz CT molecular complexity index is 492. The third-order valence-electron chi connectivity index (χ3n) is 2.44. The highest BCUT2D eigenvalue weighted by Gasteiger charge is 2.01. The van der Waals surface area contributed by atoms with Crippen LogP contribution in [0.25, 0.3) is 0 Å². The summed E-state index contributed by atoms with van der Waals surface area (Å²) in [5, 5.41) is 3.23. The molecule has 0 bridgehead atoms. The monoisotopic (exact) mass is 228 g/mol. The van der Waals surface area contributed by atoms with Gasteiger partial charge < -0.3 is 11.1 Å². The van der Waals surface area contributed by atoms with Crippen molar-refractivity contribution in [3.05, 3.63) is 47.3 Å². The second-order valence-corrected chi connectivity index (χ2v) is 4.11. The molecular weight excluding hydrogens is 212 g/mol. The summed E-state index contributed by atoms with van der Waals surface area (Å²) >= 11 is 0. The Kier molecular flexibility index (Phi) is 3.23. The van der Waals surface area contributed by atoms with Gasteiger partial charge in [-0.2, -0.15) is 4.98 Å². The van der Waals surface area contributed by atoms with E-state index in [0.29, 0.717) is 5.95 Å². The van der Waals surface area contributed by atoms with Gasteiger partial charge >= 0.3 is 0 Å². The second kappa shape index (κ2) is 4.82. The van der Waals surface area contributed by atoms with Gasteiger partial charge in [0.25, 0.3) is 0 Å². The van der Waals surface area contributed by atoms with Gasteiger partial charge in [-0.15, -0.1) is 0 Å². The lowest BCUT2D eigenvalue weighted by molar-refractivity contribution is 1.11. The molecule has 1 heterocycles. The van der Waals surface area contributed by atoms with Gasteiger partial charge in [0, 0.05) is 17.5 Å². The van der Waals surface area contributed by atoms with Crippen LogP contribution in [0.3, 0.4) is 0 Å². The molecule has 4 heteroatoms. The van der Waals surface area contributed by atoms with E-state index in [2.05, 4.69) is 34.4 Å². The van der Waals surface area contributed by atoms with E-state index >= 15 is 0 Å². The van der Waals surface area contributed by atoms with Crippen LogP contribution in [0, 0.1) is 6.92 Å². The van der Waals surface area contributed by atoms with Crippen LogP contribution in [-0.2, 0) is 0 Å². The van der Waals surface area contributed by atoms with Gasteiger partial charge in [0.1, 0.15) is 5.82 Å². The van der Waals surface area contributed by atoms with E-state index in [9.17, 15) is 0 Å². The Hall–Kier alpha value is -2.10. The molecule has 1 aliphatic rings. The normalized spacial score (nSPS) is 14.9. The van der Waals surface area contributed by atoms with Crippen molar-refractivity contribution in [1.82, 2.24) is 9.97 Å². The third kappa shape index (κ3) is 3.17. The summed E-state index contributed by atoms with van der Waals surface area (Å²) in [5.74, 6) is 1.02. The molecule has 17 heavy (non-hydrogen) atoms. The number of aromatic nitrogens is 2. The van der Waals surface area contributed by atoms with Crippen molar-refractivity contribution < 1.29 is 0 Å². The Labute approximate surface area is 101 Å². The summed E-state index contributed by atoms with van der Waals surface area (Å²) in [6.45, 7) is 4.00. The van der Waals surface area contributed by atoms with Crippen molar-refractivity contribution >= 4 is 11.8 Å². The molecule has 0 radical (unpaired) electrons. The second-order valence-electron chi connectivity index (χ2n) is 4.11. The molecule has 2 rings (SSSR count). The van der Waals surface area contributed by atoms with Gasteiger partial charge in [-0.25, -0.2) is 4.98 Å². The van der Waals surface area contributed by atoms with Crippen molar-refractivity contribution in [3.8, 4) is 0 Å². The molecule has 1 aromatic rings. The number of hydrogen-bond acceptors (Lipinski definition) is 4. The van der Waals surface area contributed by atoms with Crippen LogP contribution in [0.2, 0.25) is 0 Å². The molecule has 0 spiro atoms. The molecule has 0 aliphatic heterocycles. The molecule has 1 aromatic heterocycles. The molecule has 3 N–H and O–H groups in total. The maximum atomic E-state index is 5.61. The molecular formula is C13H16N4. The van der Waals surface area contributed by atoms with Crippen LogP contribution >= 0.6 is 0 Å². The summed E-state index contributed by atoms with van der Waals surface area (Å²) in [5.41, 5.74) is 8.82. The molecule has 0 saturated heterocycles. The maximum absolute atomic E-state index is 5.61. The Morgan fingerprint density at radius 3 is 2.88 bits per heavy atom. The summed E-state index contributed by atoms with van der Waals surface area (Å²) in [7, 11) is 0. The molecule has 0 amide bonds. The third-order valence-corrected chi connectivity index (χ3v) is 2.44. The quantitative estimate of drug-likeness (QED) is 0.816. The highest BCUT2D eigenvalue weighted by Crippen LogP contribution is 2.15. The standard InChI is InChI=1S/C13H16N4/c1-9-4-3-5-11(7-6-9)16-12-8-10(2)15-13(14)17-12/h3-5,7-8H,6H2,1-2H3,(H3,14,15,16,17). The van der Waals surface area contributed by atoms with Crippen LogP contribution in [0.4, 0.5) is 11.8 Å². The minimum Gasteiger partial charge on any atom is -0.368 e.